The van der Waals surface area contributed by atoms with Gasteiger partial charge in [0.05, 0.1) is 12.0 Å². The molecule has 6 nitrogen and oxygen atoms in total. The predicted octanol–water partition coefficient (Wildman–Crippen LogP) is 1.43. The topological polar surface area (TPSA) is 83.6 Å². The Kier molecular flexibility index (Phi) is 6.07. The average Bonchev–Trinajstić information content (AvgIpc) is 2.47. The lowest BCUT2D eigenvalue weighted by atomic mass is 9.99. The molecule has 1 aliphatic heterocycles. The molecule has 0 amide bonds. The van der Waals surface area contributed by atoms with Gasteiger partial charge < -0.3 is 0 Å². The quantitative estimate of drug-likeness (QED) is 0.809. The van der Waals surface area contributed by atoms with Gasteiger partial charge in [0.15, 0.2) is 0 Å². The Labute approximate surface area is 142 Å². The number of sulfonamides is 2. The van der Waals surface area contributed by atoms with Crippen molar-refractivity contribution >= 4 is 31.6 Å². The molecule has 1 heterocycles. The van der Waals surface area contributed by atoms with E-state index in [1.807, 2.05) is 0 Å². The zero-order chi connectivity index (χ0) is 17.1. The van der Waals surface area contributed by atoms with Crippen molar-refractivity contribution in [3.05, 3.63) is 34.9 Å². The molecule has 1 aromatic carbocycles. The SMILES string of the molecule is CS(=O)(=O)N1CCC(CNS(=O)(=O)Cc2ccccc2Cl)CC1. The largest absolute Gasteiger partial charge is 0.215 e. The lowest BCUT2D eigenvalue weighted by Gasteiger charge is -2.30. The Hall–Kier alpha value is -0.670. The zero-order valence-corrected chi connectivity index (χ0v) is 15.3. The highest BCUT2D eigenvalue weighted by atomic mass is 35.5. The molecule has 0 aliphatic carbocycles. The summed E-state index contributed by atoms with van der Waals surface area (Å²) in [6, 6.07) is 6.85. The fourth-order valence-electron chi connectivity index (χ4n) is 2.56. The van der Waals surface area contributed by atoms with Crippen LogP contribution in [0.4, 0.5) is 0 Å². The first-order valence-electron chi connectivity index (χ1n) is 7.33. The standard InChI is InChI=1S/C14H21ClN2O4S2/c1-22(18,19)17-8-6-12(7-9-17)10-16-23(20,21)11-13-4-2-3-5-14(13)15/h2-5,12,16H,6-11H2,1H3. The van der Waals surface area contributed by atoms with Gasteiger partial charge in [-0.25, -0.2) is 25.9 Å². The van der Waals surface area contributed by atoms with E-state index in [0.717, 1.165) is 0 Å². The van der Waals surface area contributed by atoms with E-state index in [0.29, 0.717) is 43.1 Å². The van der Waals surface area contributed by atoms with Crippen molar-refractivity contribution in [2.24, 2.45) is 5.92 Å². The maximum atomic E-state index is 12.1. The first-order valence-corrected chi connectivity index (χ1v) is 11.2. The highest BCUT2D eigenvalue weighted by Crippen LogP contribution is 2.20. The molecule has 9 heteroatoms. The molecule has 0 aromatic heterocycles. The number of nitrogens with one attached hydrogen (secondary N) is 1. The van der Waals surface area contributed by atoms with E-state index in [1.165, 1.54) is 10.6 Å². The van der Waals surface area contributed by atoms with Crippen LogP contribution in [0.25, 0.3) is 0 Å². The predicted molar refractivity (Wildman–Crippen MR) is 91.2 cm³/mol. The van der Waals surface area contributed by atoms with E-state index in [1.54, 1.807) is 24.3 Å². The van der Waals surface area contributed by atoms with Gasteiger partial charge in [-0.15, -0.1) is 0 Å². The molecule has 1 fully saturated rings. The molecular weight excluding hydrogens is 360 g/mol. The Morgan fingerprint density at radius 3 is 2.35 bits per heavy atom. The first-order chi connectivity index (χ1) is 10.7. The van der Waals surface area contributed by atoms with Crippen molar-refractivity contribution in [1.29, 1.82) is 0 Å². The van der Waals surface area contributed by atoms with Crippen LogP contribution < -0.4 is 4.72 Å². The summed E-state index contributed by atoms with van der Waals surface area (Å²) in [5, 5.41) is 0.430. The number of piperidine rings is 1. The summed E-state index contributed by atoms with van der Waals surface area (Å²) >= 11 is 5.98. The van der Waals surface area contributed by atoms with E-state index in [4.69, 9.17) is 11.6 Å². The van der Waals surface area contributed by atoms with Gasteiger partial charge in [0, 0.05) is 24.7 Å². The highest BCUT2D eigenvalue weighted by molar-refractivity contribution is 7.88. The summed E-state index contributed by atoms with van der Waals surface area (Å²) in [4.78, 5) is 0. The van der Waals surface area contributed by atoms with Gasteiger partial charge in [0.1, 0.15) is 0 Å². The van der Waals surface area contributed by atoms with Crippen LogP contribution in [-0.2, 0) is 25.8 Å². The summed E-state index contributed by atoms with van der Waals surface area (Å²) in [5.74, 6) is -0.0106. The lowest BCUT2D eigenvalue weighted by Crippen LogP contribution is -2.41. The van der Waals surface area contributed by atoms with Crippen LogP contribution in [0, 0.1) is 5.92 Å². The highest BCUT2D eigenvalue weighted by Gasteiger charge is 2.25. The smallest absolute Gasteiger partial charge is 0.215 e. The third-order valence-corrected chi connectivity index (χ3v) is 6.91. The fraction of sp³-hybridized carbons (Fsp3) is 0.571. The van der Waals surface area contributed by atoms with E-state index in [-0.39, 0.29) is 11.7 Å². The van der Waals surface area contributed by atoms with E-state index < -0.39 is 20.0 Å². The number of nitrogens with zero attached hydrogens (tertiary/aromatic N) is 1. The molecule has 0 spiro atoms. The van der Waals surface area contributed by atoms with Crippen LogP contribution in [0.15, 0.2) is 24.3 Å². The second-order valence-electron chi connectivity index (χ2n) is 5.80. The molecule has 0 atom stereocenters. The maximum absolute atomic E-state index is 12.1. The molecule has 2 rings (SSSR count). The number of rotatable bonds is 6. The van der Waals surface area contributed by atoms with Gasteiger partial charge in [-0.2, -0.15) is 0 Å². The Balaban J connectivity index is 1.85. The van der Waals surface area contributed by atoms with Crippen molar-refractivity contribution in [1.82, 2.24) is 9.03 Å². The van der Waals surface area contributed by atoms with Crippen LogP contribution in [-0.4, -0.2) is 47.0 Å². The molecular formula is C14H21ClN2O4S2. The first kappa shape index (κ1) is 18.7. The molecule has 0 saturated carbocycles. The van der Waals surface area contributed by atoms with Gasteiger partial charge in [0.2, 0.25) is 20.0 Å². The monoisotopic (exact) mass is 380 g/mol. The summed E-state index contributed by atoms with van der Waals surface area (Å²) in [6.07, 6.45) is 2.50. The zero-order valence-electron chi connectivity index (χ0n) is 12.9. The molecule has 0 unspecified atom stereocenters. The third-order valence-electron chi connectivity index (χ3n) is 3.94. The second-order valence-corrected chi connectivity index (χ2v) is 10.0. The molecule has 0 radical (unpaired) electrons. The minimum Gasteiger partial charge on any atom is -0.215 e. The maximum Gasteiger partial charge on any atom is 0.215 e. The molecule has 23 heavy (non-hydrogen) atoms. The second kappa shape index (κ2) is 7.48. The van der Waals surface area contributed by atoms with Crippen LogP contribution in [0.3, 0.4) is 0 Å². The average molecular weight is 381 g/mol. The summed E-state index contributed by atoms with van der Waals surface area (Å²) in [6.45, 7) is 1.20. The minimum absolute atomic E-state index is 0.147. The van der Waals surface area contributed by atoms with Gasteiger partial charge in [0.25, 0.3) is 0 Å². The van der Waals surface area contributed by atoms with E-state index >= 15 is 0 Å². The van der Waals surface area contributed by atoms with Crippen LogP contribution >= 0.6 is 11.6 Å². The van der Waals surface area contributed by atoms with Gasteiger partial charge in [-0.3, -0.25) is 0 Å². The van der Waals surface area contributed by atoms with Gasteiger partial charge >= 0.3 is 0 Å². The van der Waals surface area contributed by atoms with Crippen molar-refractivity contribution < 1.29 is 16.8 Å². The van der Waals surface area contributed by atoms with Crippen molar-refractivity contribution in [2.45, 2.75) is 18.6 Å². The summed E-state index contributed by atoms with van der Waals surface area (Å²) < 4.78 is 51.2. The summed E-state index contributed by atoms with van der Waals surface area (Å²) in [5.41, 5.74) is 0.563. The summed E-state index contributed by atoms with van der Waals surface area (Å²) in [7, 11) is -6.62. The normalized spacial score (nSPS) is 18.2. The Morgan fingerprint density at radius 2 is 1.78 bits per heavy atom. The third kappa shape index (κ3) is 5.72. The molecule has 130 valence electrons. The van der Waals surface area contributed by atoms with E-state index in [9.17, 15) is 16.8 Å². The van der Waals surface area contributed by atoms with Crippen molar-refractivity contribution in [3.8, 4) is 0 Å². The van der Waals surface area contributed by atoms with Crippen LogP contribution in [0.5, 0.6) is 0 Å². The van der Waals surface area contributed by atoms with Crippen LogP contribution in [0.2, 0.25) is 5.02 Å². The Bertz CT molecular complexity index is 742. The lowest BCUT2D eigenvalue weighted by molar-refractivity contribution is 0.275. The van der Waals surface area contributed by atoms with Crippen molar-refractivity contribution in [3.63, 3.8) is 0 Å². The van der Waals surface area contributed by atoms with E-state index in [2.05, 4.69) is 4.72 Å². The molecule has 1 aromatic rings. The van der Waals surface area contributed by atoms with Gasteiger partial charge in [-0.1, -0.05) is 29.8 Å². The number of benzene rings is 1. The van der Waals surface area contributed by atoms with Crippen LogP contribution in [0.1, 0.15) is 18.4 Å². The molecule has 1 aliphatic rings. The Morgan fingerprint density at radius 1 is 1.17 bits per heavy atom. The number of halogens is 1. The molecule has 0 bridgehead atoms. The van der Waals surface area contributed by atoms with Gasteiger partial charge in [-0.05, 0) is 30.4 Å². The number of hydrogen-bond donors (Lipinski definition) is 1. The fourth-order valence-corrected chi connectivity index (χ4v) is 4.97. The molecule has 1 saturated heterocycles. The minimum atomic E-state index is -3.46. The number of hydrogen-bond acceptors (Lipinski definition) is 4. The van der Waals surface area contributed by atoms with Crippen molar-refractivity contribution in [2.75, 3.05) is 25.9 Å². The molecule has 1 N–H and O–H groups in total.